The second-order valence-corrected chi connectivity index (χ2v) is 3.66. The van der Waals surface area contributed by atoms with E-state index in [4.69, 9.17) is 11.6 Å². The molecule has 0 heterocycles. The van der Waals surface area contributed by atoms with E-state index in [1.165, 1.54) is 31.0 Å². The average Bonchev–Trinajstić information content (AvgIpc) is 2.20. The molecule has 0 aliphatic rings. The third kappa shape index (κ3) is 2.01. The van der Waals surface area contributed by atoms with Crippen LogP contribution in [0, 0.1) is 5.82 Å². The molecule has 5 heteroatoms. The van der Waals surface area contributed by atoms with Gasteiger partial charge in [-0.2, -0.15) is 0 Å². The number of ether oxygens (including phenoxy) is 1. The second kappa shape index (κ2) is 4.66. The van der Waals surface area contributed by atoms with Crippen molar-refractivity contribution in [1.29, 1.82) is 0 Å². The first-order valence-corrected chi connectivity index (χ1v) is 5.32. The fourth-order valence-corrected chi connectivity index (χ4v) is 1.89. The van der Waals surface area contributed by atoms with Crippen molar-refractivity contribution in [3.8, 4) is 0 Å². The molecule has 2 nitrogen and oxygen atoms in total. The van der Waals surface area contributed by atoms with Gasteiger partial charge in [-0.05, 0) is 18.4 Å². The van der Waals surface area contributed by atoms with Gasteiger partial charge >= 0.3 is 5.97 Å². The van der Waals surface area contributed by atoms with E-state index < -0.39 is 11.8 Å². The summed E-state index contributed by atoms with van der Waals surface area (Å²) in [4.78, 5) is 11.9. The molecule has 0 bridgehead atoms. The first-order chi connectivity index (χ1) is 6.61. The van der Waals surface area contributed by atoms with Gasteiger partial charge in [0.2, 0.25) is 0 Å². The zero-order valence-corrected chi connectivity index (χ0v) is 9.21. The van der Waals surface area contributed by atoms with Crippen molar-refractivity contribution in [2.75, 3.05) is 13.4 Å². The third-order valence-electron chi connectivity index (χ3n) is 1.67. The maximum atomic E-state index is 13.0. The molecular formula is C9H8ClFO2S. The summed E-state index contributed by atoms with van der Waals surface area (Å²) in [5.74, 6) is -1.25. The predicted octanol–water partition coefficient (Wildman–Crippen LogP) is 2.99. The Morgan fingerprint density at radius 2 is 2.21 bits per heavy atom. The summed E-state index contributed by atoms with van der Waals surface area (Å²) in [5, 5.41) is -0.191. The third-order valence-corrected chi connectivity index (χ3v) is 2.82. The van der Waals surface area contributed by atoms with Crippen LogP contribution in [0.25, 0.3) is 0 Å². The van der Waals surface area contributed by atoms with E-state index >= 15 is 0 Å². The predicted molar refractivity (Wildman–Crippen MR) is 54.5 cm³/mol. The molecule has 1 aromatic carbocycles. The van der Waals surface area contributed by atoms with E-state index in [0.717, 1.165) is 0 Å². The molecule has 1 aromatic rings. The molecule has 0 saturated carbocycles. The largest absolute Gasteiger partial charge is 0.465 e. The molecule has 0 unspecified atom stereocenters. The van der Waals surface area contributed by atoms with Crippen LogP contribution in [0.15, 0.2) is 17.0 Å². The Balaban J connectivity index is 3.35. The van der Waals surface area contributed by atoms with Crippen LogP contribution in [-0.2, 0) is 4.74 Å². The first-order valence-electron chi connectivity index (χ1n) is 3.72. The average molecular weight is 235 g/mol. The van der Waals surface area contributed by atoms with Crippen molar-refractivity contribution in [3.63, 3.8) is 0 Å². The summed E-state index contributed by atoms with van der Waals surface area (Å²) < 4.78 is 17.6. The Bertz CT molecular complexity index is 368. The van der Waals surface area contributed by atoms with Gasteiger partial charge < -0.3 is 4.74 Å². The molecule has 0 aromatic heterocycles. The summed E-state index contributed by atoms with van der Waals surface area (Å²) in [6, 6.07) is 2.72. The van der Waals surface area contributed by atoms with E-state index in [-0.39, 0.29) is 10.6 Å². The Kier molecular flexibility index (Phi) is 3.77. The minimum atomic E-state index is -0.626. The van der Waals surface area contributed by atoms with Gasteiger partial charge in [0.15, 0.2) is 0 Å². The number of carbonyl (C=O) groups excluding carboxylic acids is 1. The number of hydrogen-bond donors (Lipinski definition) is 0. The maximum absolute atomic E-state index is 13.0. The van der Waals surface area contributed by atoms with Crippen molar-refractivity contribution < 1.29 is 13.9 Å². The maximum Gasteiger partial charge on any atom is 0.340 e. The lowest BCUT2D eigenvalue weighted by Gasteiger charge is -2.07. The van der Waals surface area contributed by atoms with Crippen LogP contribution in [0.3, 0.4) is 0 Å². The Hall–Kier alpha value is -0.740. The number of halogens is 2. The van der Waals surface area contributed by atoms with Crippen LogP contribution in [0.5, 0.6) is 0 Å². The zero-order valence-electron chi connectivity index (χ0n) is 7.64. The van der Waals surface area contributed by atoms with Gasteiger partial charge in [-0.15, -0.1) is 11.8 Å². The quantitative estimate of drug-likeness (QED) is 0.581. The molecule has 0 radical (unpaired) electrons. The fourth-order valence-electron chi connectivity index (χ4n) is 0.995. The van der Waals surface area contributed by atoms with Crippen LogP contribution >= 0.6 is 23.4 Å². The van der Waals surface area contributed by atoms with Gasteiger partial charge in [0.05, 0.1) is 17.7 Å². The molecule has 0 N–H and O–H groups in total. The number of benzene rings is 1. The molecule has 0 amide bonds. The fraction of sp³-hybridized carbons (Fsp3) is 0.222. The van der Waals surface area contributed by atoms with Crippen LogP contribution in [0.2, 0.25) is 5.02 Å². The highest BCUT2D eigenvalue weighted by atomic mass is 35.5. The monoisotopic (exact) mass is 234 g/mol. The molecule has 0 saturated heterocycles. The van der Waals surface area contributed by atoms with E-state index in [1.54, 1.807) is 6.26 Å². The summed E-state index contributed by atoms with van der Waals surface area (Å²) in [7, 11) is 1.23. The first kappa shape index (κ1) is 11.3. The zero-order chi connectivity index (χ0) is 10.7. The summed E-state index contributed by atoms with van der Waals surface area (Å²) in [6.45, 7) is 0. The lowest BCUT2D eigenvalue weighted by atomic mass is 10.2. The van der Waals surface area contributed by atoms with Gasteiger partial charge in [0.25, 0.3) is 0 Å². The molecule has 0 atom stereocenters. The SMILES string of the molecule is COC(=O)c1c(SC)ccc(F)c1Cl. The molecule has 0 fully saturated rings. The molecule has 1 rings (SSSR count). The van der Waals surface area contributed by atoms with E-state index in [2.05, 4.69) is 4.74 Å². The number of methoxy groups -OCH3 is 1. The minimum Gasteiger partial charge on any atom is -0.465 e. The smallest absolute Gasteiger partial charge is 0.340 e. The van der Waals surface area contributed by atoms with E-state index in [9.17, 15) is 9.18 Å². The molecule has 76 valence electrons. The lowest BCUT2D eigenvalue weighted by Crippen LogP contribution is -2.05. The van der Waals surface area contributed by atoms with Crippen LogP contribution < -0.4 is 0 Å². The molecular weight excluding hydrogens is 227 g/mol. The topological polar surface area (TPSA) is 26.3 Å². The summed E-state index contributed by atoms with van der Waals surface area (Å²) in [5.41, 5.74) is 0.0849. The van der Waals surface area contributed by atoms with Gasteiger partial charge in [0, 0.05) is 4.90 Å². The van der Waals surface area contributed by atoms with Crippen molar-refractivity contribution in [2.45, 2.75) is 4.90 Å². The van der Waals surface area contributed by atoms with Crippen LogP contribution in [0.1, 0.15) is 10.4 Å². The van der Waals surface area contributed by atoms with Crippen molar-refractivity contribution in [3.05, 3.63) is 28.5 Å². The second-order valence-electron chi connectivity index (χ2n) is 2.43. The highest BCUT2D eigenvalue weighted by Crippen LogP contribution is 2.29. The molecule has 0 aliphatic carbocycles. The normalized spacial score (nSPS) is 10.0. The summed E-state index contributed by atoms with van der Waals surface area (Å²) >= 11 is 6.97. The van der Waals surface area contributed by atoms with Crippen molar-refractivity contribution in [1.82, 2.24) is 0 Å². The summed E-state index contributed by atoms with van der Waals surface area (Å²) in [6.07, 6.45) is 1.77. The molecule has 0 spiro atoms. The highest BCUT2D eigenvalue weighted by molar-refractivity contribution is 7.98. The standard InChI is InChI=1S/C9H8ClFO2S/c1-13-9(12)7-6(14-2)4-3-5(11)8(7)10/h3-4H,1-2H3. The number of esters is 1. The Morgan fingerprint density at radius 1 is 1.57 bits per heavy atom. The highest BCUT2D eigenvalue weighted by Gasteiger charge is 2.18. The Morgan fingerprint density at radius 3 is 2.71 bits per heavy atom. The van der Waals surface area contributed by atoms with Crippen molar-refractivity contribution >= 4 is 29.3 Å². The minimum absolute atomic E-state index is 0.0849. The van der Waals surface area contributed by atoms with E-state index in [0.29, 0.717) is 4.90 Å². The number of rotatable bonds is 2. The molecule has 0 aliphatic heterocycles. The van der Waals surface area contributed by atoms with Crippen molar-refractivity contribution in [2.24, 2.45) is 0 Å². The number of thioether (sulfide) groups is 1. The molecule has 14 heavy (non-hydrogen) atoms. The van der Waals surface area contributed by atoms with Gasteiger partial charge in [-0.3, -0.25) is 0 Å². The van der Waals surface area contributed by atoms with Gasteiger partial charge in [-0.25, -0.2) is 9.18 Å². The number of hydrogen-bond acceptors (Lipinski definition) is 3. The van der Waals surface area contributed by atoms with Gasteiger partial charge in [0.1, 0.15) is 5.82 Å². The lowest BCUT2D eigenvalue weighted by molar-refractivity contribution is 0.0596. The van der Waals surface area contributed by atoms with E-state index in [1.807, 2.05) is 0 Å². The number of carbonyl (C=O) groups is 1. The van der Waals surface area contributed by atoms with Crippen LogP contribution in [-0.4, -0.2) is 19.3 Å². The van der Waals surface area contributed by atoms with Gasteiger partial charge in [-0.1, -0.05) is 11.6 Å². The Labute approximate surface area is 90.4 Å². The van der Waals surface area contributed by atoms with Crippen LogP contribution in [0.4, 0.5) is 4.39 Å².